The summed E-state index contributed by atoms with van der Waals surface area (Å²) in [7, 11) is 0. The molecule has 1 N–H and O–H groups in total. The summed E-state index contributed by atoms with van der Waals surface area (Å²) in [4.78, 5) is 19.4. The van der Waals surface area contributed by atoms with Gasteiger partial charge in [-0.3, -0.25) is 9.48 Å². The molecule has 2 aromatic rings. The maximum absolute atomic E-state index is 12.7. The number of hydrogen-bond acceptors (Lipinski definition) is 6. The summed E-state index contributed by atoms with van der Waals surface area (Å²) >= 11 is 0. The monoisotopic (exact) mass is 399 g/mol. The van der Waals surface area contributed by atoms with Crippen molar-refractivity contribution in [2.24, 2.45) is 0 Å². The summed E-state index contributed by atoms with van der Waals surface area (Å²) in [5, 5.41) is 7.44. The van der Waals surface area contributed by atoms with Crippen LogP contribution in [0.15, 0.2) is 24.5 Å². The van der Waals surface area contributed by atoms with Crippen molar-refractivity contribution in [2.75, 3.05) is 37.8 Å². The molecular formula is C21H29N5O3. The molecule has 0 spiro atoms. The van der Waals surface area contributed by atoms with Crippen LogP contribution in [0.5, 0.6) is 0 Å². The van der Waals surface area contributed by atoms with Gasteiger partial charge in [0, 0.05) is 44.7 Å². The molecule has 1 amide bonds. The maximum atomic E-state index is 12.7. The van der Waals surface area contributed by atoms with Crippen molar-refractivity contribution < 1.29 is 14.3 Å². The highest BCUT2D eigenvalue weighted by molar-refractivity contribution is 5.95. The van der Waals surface area contributed by atoms with E-state index in [1.54, 1.807) is 6.20 Å². The summed E-state index contributed by atoms with van der Waals surface area (Å²) in [6, 6.07) is 4.33. The van der Waals surface area contributed by atoms with Gasteiger partial charge in [0.15, 0.2) is 0 Å². The molecule has 2 saturated heterocycles. The average molecular weight is 399 g/mol. The standard InChI is InChI=1S/C21H29N5O3/c1-15-14-25(7-10-29-15)20-4-3-17(11-22-20)12-23-21(27)19-13-24-26(16(19)2)18-5-8-28-9-6-18/h3-4,11,13,15,18H,5-10,12,14H2,1-2H3,(H,23,27). The predicted octanol–water partition coefficient (Wildman–Crippen LogP) is 2.09. The smallest absolute Gasteiger partial charge is 0.255 e. The number of ether oxygens (including phenoxy) is 2. The molecule has 8 heteroatoms. The van der Waals surface area contributed by atoms with Gasteiger partial charge in [-0.2, -0.15) is 5.10 Å². The Morgan fingerprint density at radius 3 is 2.79 bits per heavy atom. The van der Waals surface area contributed by atoms with E-state index in [0.717, 1.165) is 62.8 Å². The second-order valence-electron chi connectivity index (χ2n) is 7.77. The molecule has 0 saturated carbocycles. The van der Waals surface area contributed by atoms with Crippen molar-refractivity contribution in [3.63, 3.8) is 0 Å². The van der Waals surface area contributed by atoms with E-state index in [9.17, 15) is 4.79 Å². The average Bonchev–Trinajstić information content (AvgIpc) is 3.14. The lowest BCUT2D eigenvalue weighted by Gasteiger charge is -2.32. The van der Waals surface area contributed by atoms with Crippen molar-refractivity contribution >= 4 is 11.7 Å². The zero-order valence-corrected chi connectivity index (χ0v) is 17.1. The van der Waals surface area contributed by atoms with Crippen molar-refractivity contribution in [3.05, 3.63) is 41.3 Å². The van der Waals surface area contributed by atoms with Crippen LogP contribution in [0.3, 0.4) is 0 Å². The third kappa shape index (κ3) is 4.59. The van der Waals surface area contributed by atoms with E-state index in [2.05, 4.69) is 27.2 Å². The minimum atomic E-state index is -0.105. The predicted molar refractivity (Wildman–Crippen MR) is 109 cm³/mol. The van der Waals surface area contributed by atoms with Crippen LogP contribution >= 0.6 is 0 Å². The first-order valence-electron chi connectivity index (χ1n) is 10.3. The van der Waals surface area contributed by atoms with Crippen LogP contribution in [0.25, 0.3) is 0 Å². The van der Waals surface area contributed by atoms with E-state index >= 15 is 0 Å². The quantitative estimate of drug-likeness (QED) is 0.829. The van der Waals surface area contributed by atoms with E-state index in [1.165, 1.54) is 0 Å². The van der Waals surface area contributed by atoms with E-state index in [4.69, 9.17) is 9.47 Å². The SMILES string of the molecule is Cc1c(C(=O)NCc2ccc(N3CCOC(C)C3)nc2)cnn1C1CCOCC1. The zero-order valence-electron chi connectivity index (χ0n) is 17.1. The summed E-state index contributed by atoms with van der Waals surface area (Å²) in [6.45, 7) is 8.38. The second-order valence-corrected chi connectivity index (χ2v) is 7.77. The third-order valence-corrected chi connectivity index (χ3v) is 5.65. The highest BCUT2D eigenvalue weighted by Gasteiger charge is 2.22. The van der Waals surface area contributed by atoms with Crippen LogP contribution in [-0.4, -0.2) is 59.7 Å². The Morgan fingerprint density at radius 1 is 1.24 bits per heavy atom. The Kier molecular flexibility index (Phi) is 6.10. The molecule has 1 atom stereocenters. The maximum Gasteiger partial charge on any atom is 0.255 e. The van der Waals surface area contributed by atoms with Gasteiger partial charge in [0.25, 0.3) is 5.91 Å². The van der Waals surface area contributed by atoms with E-state index in [0.29, 0.717) is 18.2 Å². The van der Waals surface area contributed by atoms with Crippen LogP contribution in [0, 0.1) is 6.92 Å². The Balaban J connectivity index is 1.34. The number of nitrogens with one attached hydrogen (secondary N) is 1. The number of carbonyl (C=O) groups excluding carboxylic acids is 1. The number of anilines is 1. The molecule has 2 aliphatic heterocycles. The van der Waals surface area contributed by atoms with Gasteiger partial charge in [0.2, 0.25) is 0 Å². The highest BCUT2D eigenvalue weighted by atomic mass is 16.5. The van der Waals surface area contributed by atoms with E-state index in [1.807, 2.05) is 29.9 Å². The molecule has 29 heavy (non-hydrogen) atoms. The first kappa shape index (κ1) is 19.8. The van der Waals surface area contributed by atoms with Gasteiger partial charge in [0.1, 0.15) is 5.82 Å². The number of carbonyl (C=O) groups is 1. The number of rotatable bonds is 5. The van der Waals surface area contributed by atoms with Crippen LogP contribution in [-0.2, 0) is 16.0 Å². The number of hydrogen-bond donors (Lipinski definition) is 1. The number of aromatic nitrogens is 3. The van der Waals surface area contributed by atoms with Gasteiger partial charge < -0.3 is 19.7 Å². The van der Waals surface area contributed by atoms with Gasteiger partial charge in [0.05, 0.1) is 30.5 Å². The Morgan fingerprint density at radius 2 is 2.07 bits per heavy atom. The summed E-state index contributed by atoms with van der Waals surface area (Å²) < 4.78 is 13.0. The molecular weight excluding hydrogens is 370 g/mol. The topological polar surface area (TPSA) is 81.5 Å². The minimum absolute atomic E-state index is 0.105. The number of pyridine rings is 1. The molecule has 0 aromatic carbocycles. The van der Waals surface area contributed by atoms with Gasteiger partial charge in [-0.15, -0.1) is 0 Å². The first-order chi connectivity index (χ1) is 14.1. The summed E-state index contributed by atoms with van der Waals surface area (Å²) in [6.07, 6.45) is 5.58. The van der Waals surface area contributed by atoms with Crippen molar-refractivity contribution in [1.29, 1.82) is 0 Å². The lowest BCUT2D eigenvalue weighted by atomic mass is 10.1. The van der Waals surface area contributed by atoms with Crippen LogP contribution < -0.4 is 10.2 Å². The highest BCUT2D eigenvalue weighted by Crippen LogP contribution is 2.23. The first-order valence-corrected chi connectivity index (χ1v) is 10.3. The minimum Gasteiger partial charge on any atom is -0.381 e. The molecule has 2 aromatic heterocycles. The summed E-state index contributed by atoms with van der Waals surface area (Å²) in [5.74, 6) is 0.843. The molecule has 156 valence electrons. The fraction of sp³-hybridized carbons (Fsp3) is 0.571. The molecule has 0 bridgehead atoms. The third-order valence-electron chi connectivity index (χ3n) is 5.65. The Bertz CT molecular complexity index is 829. The van der Waals surface area contributed by atoms with Crippen LogP contribution in [0.4, 0.5) is 5.82 Å². The number of nitrogens with zero attached hydrogens (tertiary/aromatic N) is 4. The molecule has 4 rings (SSSR count). The second kappa shape index (κ2) is 8.92. The molecule has 4 heterocycles. The molecule has 8 nitrogen and oxygen atoms in total. The van der Waals surface area contributed by atoms with Crippen molar-refractivity contribution in [3.8, 4) is 0 Å². The molecule has 2 fully saturated rings. The number of amides is 1. The van der Waals surface area contributed by atoms with Crippen molar-refractivity contribution in [2.45, 2.75) is 45.4 Å². The summed E-state index contributed by atoms with van der Waals surface area (Å²) in [5.41, 5.74) is 2.51. The molecule has 0 aliphatic carbocycles. The number of morpholine rings is 1. The van der Waals surface area contributed by atoms with Gasteiger partial charge in [-0.25, -0.2) is 4.98 Å². The van der Waals surface area contributed by atoms with E-state index in [-0.39, 0.29) is 12.0 Å². The Labute approximate surface area is 171 Å². The van der Waals surface area contributed by atoms with Gasteiger partial charge >= 0.3 is 0 Å². The fourth-order valence-electron chi connectivity index (χ4n) is 3.96. The lowest BCUT2D eigenvalue weighted by molar-refractivity contribution is 0.0529. The molecule has 1 unspecified atom stereocenters. The van der Waals surface area contributed by atoms with Gasteiger partial charge in [-0.1, -0.05) is 6.07 Å². The van der Waals surface area contributed by atoms with Crippen LogP contribution in [0.2, 0.25) is 0 Å². The largest absolute Gasteiger partial charge is 0.381 e. The fourth-order valence-corrected chi connectivity index (χ4v) is 3.96. The normalized spacial score (nSPS) is 20.6. The van der Waals surface area contributed by atoms with E-state index < -0.39 is 0 Å². The Hall–Kier alpha value is -2.45. The zero-order chi connectivity index (χ0) is 20.2. The van der Waals surface area contributed by atoms with Gasteiger partial charge in [-0.05, 0) is 38.3 Å². The lowest BCUT2D eigenvalue weighted by Crippen LogP contribution is -2.41. The molecule has 0 radical (unpaired) electrons. The molecule has 2 aliphatic rings. The van der Waals surface area contributed by atoms with Crippen molar-refractivity contribution in [1.82, 2.24) is 20.1 Å². The van der Waals surface area contributed by atoms with Crippen LogP contribution in [0.1, 0.15) is 47.4 Å².